The summed E-state index contributed by atoms with van der Waals surface area (Å²) in [5.41, 5.74) is 1.10. The van der Waals surface area contributed by atoms with Crippen molar-refractivity contribution >= 4 is 56.3 Å². The molecule has 2 fully saturated rings. The minimum Gasteiger partial charge on any atom is -0.326 e. The van der Waals surface area contributed by atoms with Crippen LogP contribution in [0, 0.1) is 5.92 Å². The number of rotatable bonds is 6. The molecule has 4 rings (SSSR count). The van der Waals surface area contributed by atoms with Crippen molar-refractivity contribution in [1.82, 2.24) is 4.31 Å². The van der Waals surface area contributed by atoms with Crippen LogP contribution in [0.2, 0.25) is 0 Å². The summed E-state index contributed by atoms with van der Waals surface area (Å²) >= 11 is 2.82. The second-order valence-electron chi connectivity index (χ2n) is 6.93. The van der Waals surface area contributed by atoms with E-state index in [1.54, 1.807) is 41.4 Å². The number of benzene rings is 1. The summed E-state index contributed by atoms with van der Waals surface area (Å²) in [6, 6.07) is 8.35. The lowest BCUT2D eigenvalue weighted by molar-refractivity contribution is -0.117. The Morgan fingerprint density at radius 2 is 1.72 bits per heavy atom. The molecule has 10 heteroatoms. The molecule has 2 N–H and O–H groups in total. The Bertz CT molecular complexity index is 1020. The van der Waals surface area contributed by atoms with E-state index in [1.807, 2.05) is 0 Å². The average Bonchev–Trinajstić information content (AvgIpc) is 3.45. The quantitative estimate of drug-likeness (QED) is 0.704. The normalized spacial score (nSPS) is 17.7. The number of carbonyl (C=O) groups is 2. The molecular weight excluding hydrogens is 430 g/mol. The number of sulfonamides is 1. The molecule has 1 aliphatic carbocycles. The highest BCUT2D eigenvalue weighted by Crippen LogP contribution is 2.31. The fraction of sp³-hybridized carbons (Fsp3) is 0.368. The highest BCUT2D eigenvalue weighted by Gasteiger charge is 2.31. The van der Waals surface area contributed by atoms with E-state index in [1.165, 1.54) is 10.4 Å². The monoisotopic (exact) mass is 451 g/mol. The molecule has 29 heavy (non-hydrogen) atoms. The van der Waals surface area contributed by atoms with Gasteiger partial charge in [-0.15, -0.1) is 11.3 Å². The van der Waals surface area contributed by atoms with Crippen LogP contribution in [0.1, 0.15) is 22.5 Å². The van der Waals surface area contributed by atoms with Gasteiger partial charge >= 0.3 is 0 Å². The molecule has 0 bridgehead atoms. The van der Waals surface area contributed by atoms with Crippen molar-refractivity contribution in [3.63, 3.8) is 0 Å². The molecule has 1 saturated carbocycles. The first-order chi connectivity index (χ1) is 13.9. The molecule has 1 aromatic carbocycles. The Morgan fingerprint density at radius 1 is 1.03 bits per heavy atom. The number of nitrogens with one attached hydrogen (secondary N) is 2. The second kappa shape index (κ2) is 8.47. The van der Waals surface area contributed by atoms with Crippen molar-refractivity contribution in [2.24, 2.45) is 5.92 Å². The number of carbonyl (C=O) groups excluding carboxylic acids is 2. The largest absolute Gasteiger partial charge is 0.326 e. The Morgan fingerprint density at radius 3 is 2.41 bits per heavy atom. The van der Waals surface area contributed by atoms with Gasteiger partial charge < -0.3 is 10.6 Å². The first-order valence-electron chi connectivity index (χ1n) is 9.33. The zero-order chi connectivity index (χ0) is 20.4. The van der Waals surface area contributed by atoms with Gasteiger partial charge in [0.1, 0.15) is 9.77 Å². The fourth-order valence-electron chi connectivity index (χ4n) is 3.04. The summed E-state index contributed by atoms with van der Waals surface area (Å²) in [6.45, 7) is 0.902. The molecule has 0 spiro atoms. The van der Waals surface area contributed by atoms with Gasteiger partial charge in [0, 0.05) is 41.9 Å². The van der Waals surface area contributed by atoms with Crippen molar-refractivity contribution in [2.75, 3.05) is 35.2 Å². The van der Waals surface area contributed by atoms with Crippen LogP contribution in [-0.2, 0) is 14.8 Å². The zero-order valence-electron chi connectivity index (χ0n) is 15.6. The maximum atomic E-state index is 13.0. The maximum absolute atomic E-state index is 13.0. The van der Waals surface area contributed by atoms with Gasteiger partial charge in [0.15, 0.2) is 0 Å². The predicted molar refractivity (Wildman–Crippen MR) is 116 cm³/mol. The first-order valence-corrected chi connectivity index (χ1v) is 12.8. The molecule has 0 radical (unpaired) electrons. The van der Waals surface area contributed by atoms with Crippen LogP contribution in [0.3, 0.4) is 0 Å². The third-order valence-electron chi connectivity index (χ3n) is 4.76. The summed E-state index contributed by atoms with van der Waals surface area (Å²) < 4.78 is 27.4. The molecule has 7 nitrogen and oxygen atoms in total. The lowest BCUT2D eigenvalue weighted by atomic mass is 10.2. The van der Waals surface area contributed by atoms with E-state index in [9.17, 15) is 18.0 Å². The fourth-order valence-corrected chi connectivity index (χ4v) is 6.92. The summed E-state index contributed by atoms with van der Waals surface area (Å²) in [5, 5.41) is 7.21. The van der Waals surface area contributed by atoms with E-state index in [0.717, 1.165) is 35.7 Å². The lowest BCUT2D eigenvalue weighted by Crippen LogP contribution is -2.38. The summed E-state index contributed by atoms with van der Waals surface area (Å²) in [4.78, 5) is 24.9. The van der Waals surface area contributed by atoms with E-state index in [2.05, 4.69) is 10.6 Å². The third-order valence-corrected chi connectivity index (χ3v) is 8.69. The van der Waals surface area contributed by atoms with Gasteiger partial charge in [-0.05, 0) is 42.5 Å². The Labute approximate surface area is 177 Å². The molecule has 0 unspecified atom stereocenters. The van der Waals surface area contributed by atoms with Crippen LogP contribution in [0.25, 0.3) is 0 Å². The van der Waals surface area contributed by atoms with Crippen molar-refractivity contribution in [3.8, 4) is 0 Å². The molecule has 0 atom stereocenters. The van der Waals surface area contributed by atoms with Gasteiger partial charge in [0.2, 0.25) is 15.9 Å². The van der Waals surface area contributed by atoms with Gasteiger partial charge in [-0.2, -0.15) is 16.1 Å². The summed E-state index contributed by atoms with van der Waals surface area (Å²) in [7, 11) is -3.70. The van der Waals surface area contributed by atoms with E-state index in [4.69, 9.17) is 0 Å². The molecule has 1 saturated heterocycles. The molecule has 2 heterocycles. The van der Waals surface area contributed by atoms with Crippen LogP contribution >= 0.6 is 23.1 Å². The highest BCUT2D eigenvalue weighted by atomic mass is 32.2. The smallest absolute Gasteiger partial charge is 0.267 e. The van der Waals surface area contributed by atoms with Gasteiger partial charge in [-0.1, -0.05) is 6.07 Å². The van der Waals surface area contributed by atoms with Crippen LogP contribution in [-0.4, -0.2) is 49.1 Å². The predicted octanol–water partition coefficient (Wildman–Crippen LogP) is 3.09. The van der Waals surface area contributed by atoms with Gasteiger partial charge in [0.05, 0.1) is 0 Å². The molecule has 2 aliphatic rings. The second-order valence-corrected chi connectivity index (χ2v) is 11.0. The average molecular weight is 452 g/mol. The van der Waals surface area contributed by atoms with Crippen molar-refractivity contribution in [1.29, 1.82) is 0 Å². The van der Waals surface area contributed by atoms with E-state index in [-0.39, 0.29) is 21.6 Å². The minimum absolute atomic E-state index is 0.0141. The third kappa shape index (κ3) is 4.66. The SMILES string of the molecule is O=C(Nc1cccc(NC(=O)C2CC2)c1)c1sccc1S(=O)(=O)N1CCSCC1. The molecule has 2 aromatic rings. The van der Waals surface area contributed by atoms with E-state index in [0.29, 0.717) is 24.5 Å². The minimum atomic E-state index is -3.70. The summed E-state index contributed by atoms with van der Waals surface area (Å²) in [5.74, 6) is 1.10. The van der Waals surface area contributed by atoms with Crippen LogP contribution < -0.4 is 10.6 Å². The Kier molecular flexibility index (Phi) is 5.95. The van der Waals surface area contributed by atoms with Crippen molar-refractivity contribution < 1.29 is 18.0 Å². The first kappa shape index (κ1) is 20.4. The van der Waals surface area contributed by atoms with Gasteiger partial charge in [0.25, 0.3) is 5.91 Å². The topological polar surface area (TPSA) is 95.6 Å². The van der Waals surface area contributed by atoms with Crippen molar-refractivity contribution in [3.05, 3.63) is 40.6 Å². The molecular formula is C19H21N3O4S3. The van der Waals surface area contributed by atoms with Crippen molar-refractivity contribution in [2.45, 2.75) is 17.7 Å². The van der Waals surface area contributed by atoms with Crippen LogP contribution in [0.5, 0.6) is 0 Å². The summed E-state index contributed by atoms with van der Waals surface area (Å²) in [6.07, 6.45) is 1.82. The van der Waals surface area contributed by atoms with Gasteiger partial charge in [-0.3, -0.25) is 9.59 Å². The van der Waals surface area contributed by atoms with Crippen LogP contribution in [0.4, 0.5) is 11.4 Å². The molecule has 2 amide bonds. The number of hydrogen-bond acceptors (Lipinski definition) is 6. The van der Waals surface area contributed by atoms with Crippen LogP contribution in [0.15, 0.2) is 40.6 Å². The number of anilines is 2. The van der Waals surface area contributed by atoms with E-state index >= 15 is 0 Å². The molecule has 1 aromatic heterocycles. The lowest BCUT2D eigenvalue weighted by Gasteiger charge is -2.25. The number of nitrogens with zero attached hydrogens (tertiary/aromatic N) is 1. The Balaban J connectivity index is 1.50. The number of hydrogen-bond donors (Lipinski definition) is 2. The Hall–Kier alpha value is -1.88. The number of thiophene rings is 1. The zero-order valence-corrected chi connectivity index (χ0v) is 18.0. The number of amides is 2. The molecule has 154 valence electrons. The number of thioether (sulfide) groups is 1. The highest BCUT2D eigenvalue weighted by molar-refractivity contribution is 7.99. The van der Waals surface area contributed by atoms with E-state index < -0.39 is 15.9 Å². The molecule has 1 aliphatic heterocycles. The maximum Gasteiger partial charge on any atom is 0.267 e. The van der Waals surface area contributed by atoms with Gasteiger partial charge in [-0.25, -0.2) is 8.42 Å². The standard InChI is InChI=1S/C19H21N3O4S3/c23-18(13-4-5-13)20-14-2-1-3-15(12-14)21-19(24)17-16(6-9-28-17)29(25,26)22-7-10-27-11-8-22/h1-3,6,9,12-13H,4-5,7-8,10-11H2,(H,20,23)(H,21,24).